The topological polar surface area (TPSA) is 96.0 Å². The van der Waals surface area contributed by atoms with Crippen LogP contribution in [0, 0.1) is 0 Å². The number of benzene rings is 2. The summed E-state index contributed by atoms with van der Waals surface area (Å²) in [4.78, 5) is 28.2. The zero-order valence-electron chi connectivity index (χ0n) is 20.8. The predicted octanol–water partition coefficient (Wildman–Crippen LogP) is 3.84. The highest BCUT2D eigenvalue weighted by Crippen LogP contribution is 2.33. The Kier molecular flexibility index (Phi) is 10.4. The number of anilines is 1. The smallest absolute Gasteiger partial charge is 0.244 e. The molecular formula is C25H34ClN3O5S. The monoisotopic (exact) mass is 523 g/mol. The number of hydrogen-bond donors (Lipinski definition) is 1. The molecule has 0 heterocycles. The van der Waals surface area contributed by atoms with Crippen LogP contribution in [0.4, 0.5) is 5.69 Å². The maximum absolute atomic E-state index is 13.7. The van der Waals surface area contributed by atoms with E-state index in [-0.39, 0.29) is 29.9 Å². The lowest BCUT2D eigenvalue weighted by Crippen LogP contribution is -2.53. The molecule has 0 saturated heterocycles. The first-order valence-corrected chi connectivity index (χ1v) is 13.7. The summed E-state index contributed by atoms with van der Waals surface area (Å²) in [5.41, 5.74) is 0.967. The fraction of sp³-hybridized carbons (Fsp3) is 0.440. The molecule has 1 N–H and O–H groups in total. The van der Waals surface area contributed by atoms with Crippen LogP contribution in [-0.4, -0.2) is 57.1 Å². The first-order valence-electron chi connectivity index (χ1n) is 11.5. The van der Waals surface area contributed by atoms with Gasteiger partial charge < -0.3 is 15.0 Å². The van der Waals surface area contributed by atoms with Crippen molar-refractivity contribution in [1.29, 1.82) is 0 Å². The van der Waals surface area contributed by atoms with Gasteiger partial charge in [0.15, 0.2) is 0 Å². The molecule has 0 spiro atoms. The summed E-state index contributed by atoms with van der Waals surface area (Å²) in [6, 6.07) is 13.0. The quantitative estimate of drug-likeness (QED) is 0.456. The first kappa shape index (κ1) is 28.5. The molecule has 0 aromatic heterocycles. The van der Waals surface area contributed by atoms with Gasteiger partial charge in [0.2, 0.25) is 21.8 Å². The lowest BCUT2D eigenvalue weighted by molar-refractivity contribution is -0.140. The van der Waals surface area contributed by atoms with E-state index in [4.69, 9.17) is 16.3 Å². The van der Waals surface area contributed by atoms with E-state index in [0.29, 0.717) is 11.4 Å². The third kappa shape index (κ3) is 7.86. The third-order valence-corrected chi connectivity index (χ3v) is 7.03. The van der Waals surface area contributed by atoms with Crippen LogP contribution in [0.3, 0.4) is 0 Å². The molecule has 0 bridgehead atoms. The molecule has 2 unspecified atom stereocenters. The van der Waals surface area contributed by atoms with Crippen molar-refractivity contribution in [2.75, 3.05) is 24.2 Å². The van der Waals surface area contributed by atoms with Gasteiger partial charge in [-0.05, 0) is 43.5 Å². The minimum atomic E-state index is -3.90. The molecule has 2 aromatic rings. The van der Waals surface area contributed by atoms with Crippen LogP contribution in [-0.2, 0) is 26.2 Å². The Morgan fingerprint density at radius 3 is 2.29 bits per heavy atom. The maximum Gasteiger partial charge on any atom is 0.244 e. The second kappa shape index (κ2) is 12.8. The highest BCUT2D eigenvalue weighted by molar-refractivity contribution is 7.92. The Labute approximate surface area is 213 Å². The number of carbonyl (C=O) groups excluding carboxylic acids is 2. The van der Waals surface area contributed by atoms with Crippen LogP contribution in [0.5, 0.6) is 5.75 Å². The van der Waals surface area contributed by atoms with Crippen LogP contribution < -0.4 is 14.4 Å². The van der Waals surface area contributed by atoms with Gasteiger partial charge in [0.1, 0.15) is 18.3 Å². The van der Waals surface area contributed by atoms with Crippen molar-refractivity contribution in [3.63, 3.8) is 0 Å². The van der Waals surface area contributed by atoms with Crippen LogP contribution >= 0.6 is 11.6 Å². The summed E-state index contributed by atoms with van der Waals surface area (Å²) in [6.07, 6.45) is 2.11. The van der Waals surface area contributed by atoms with E-state index in [1.807, 2.05) is 51.1 Å². The van der Waals surface area contributed by atoms with Crippen molar-refractivity contribution in [1.82, 2.24) is 10.2 Å². The van der Waals surface area contributed by atoms with Gasteiger partial charge in [-0.2, -0.15) is 0 Å². The maximum atomic E-state index is 13.7. The lowest BCUT2D eigenvalue weighted by Gasteiger charge is -2.33. The van der Waals surface area contributed by atoms with E-state index >= 15 is 0 Å². The summed E-state index contributed by atoms with van der Waals surface area (Å²) in [5, 5.41) is 3.23. The van der Waals surface area contributed by atoms with Gasteiger partial charge in [-0.15, -0.1) is 0 Å². The zero-order chi connectivity index (χ0) is 26.2. The minimum absolute atomic E-state index is 0.0616. The second-order valence-electron chi connectivity index (χ2n) is 8.33. The largest absolute Gasteiger partial charge is 0.495 e. The fourth-order valence-corrected chi connectivity index (χ4v) is 4.60. The van der Waals surface area contributed by atoms with Gasteiger partial charge in [0.25, 0.3) is 0 Å². The van der Waals surface area contributed by atoms with Crippen molar-refractivity contribution in [3.8, 4) is 5.75 Å². The number of hydrogen-bond acceptors (Lipinski definition) is 5. The molecule has 10 heteroatoms. The molecule has 2 amide bonds. The van der Waals surface area contributed by atoms with Crippen LogP contribution in [0.25, 0.3) is 0 Å². The Balaban J connectivity index is 2.48. The molecule has 8 nitrogen and oxygen atoms in total. The van der Waals surface area contributed by atoms with E-state index < -0.39 is 28.5 Å². The molecule has 0 aliphatic carbocycles. The minimum Gasteiger partial charge on any atom is -0.495 e. The number of sulfonamides is 1. The standard InChI is InChI=1S/C25H34ClN3O5S/c1-6-18(3)27-25(31)21(7-2)28(16-19-11-9-8-10-12-19)24(30)17-29(35(5,32)33)22-15-20(26)13-14-23(22)34-4/h8-15,18,21H,6-7,16-17H2,1-5H3,(H,27,31). The molecule has 0 aliphatic heterocycles. The molecule has 0 fully saturated rings. The highest BCUT2D eigenvalue weighted by atomic mass is 35.5. The van der Waals surface area contributed by atoms with Gasteiger partial charge in [0.05, 0.1) is 19.1 Å². The number of ether oxygens (including phenoxy) is 1. The number of nitrogens with one attached hydrogen (secondary N) is 1. The Morgan fingerprint density at radius 2 is 1.74 bits per heavy atom. The zero-order valence-corrected chi connectivity index (χ0v) is 22.4. The average Bonchev–Trinajstić information content (AvgIpc) is 2.82. The Morgan fingerprint density at radius 1 is 1.09 bits per heavy atom. The van der Waals surface area contributed by atoms with Crippen molar-refractivity contribution in [3.05, 3.63) is 59.1 Å². The van der Waals surface area contributed by atoms with E-state index in [2.05, 4.69) is 5.32 Å². The van der Waals surface area contributed by atoms with Crippen molar-refractivity contribution in [2.45, 2.75) is 52.2 Å². The van der Waals surface area contributed by atoms with E-state index in [1.165, 1.54) is 24.1 Å². The van der Waals surface area contributed by atoms with E-state index in [1.54, 1.807) is 6.07 Å². The fourth-order valence-electron chi connectivity index (χ4n) is 3.59. The van der Waals surface area contributed by atoms with Crippen molar-refractivity contribution >= 4 is 39.1 Å². The summed E-state index contributed by atoms with van der Waals surface area (Å²) < 4.78 is 31.8. The normalized spacial score (nSPS) is 13.0. The number of methoxy groups -OCH3 is 1. The molecule has 35 heavy (non-hydrogen) atoms. The van der Waals surface area contributed by atoms with Crippen LogP contribution in [0.2, 0.25) is 5.02 Å². The summed E-state index contributed by atoms with van der Waals surface area (Å²) in [7, 11) is -2.49. The lowest BCUT2D eigenvalue weighted by atomic mass is 10.1. The van der Waals surface area contributed by atoms with E-state index in [9.17, 15) is 18.0 Å². The van der Waals surface area contributed by atoms with Crippen molar-refractivity contribution < 1.29 is 22.7 Å². The van der Waals surface area contributed by atoms with Gasteiger partial charge in [-0.25, -0.2) is 8.42 Å². The molecular weight excluding hydrogens is 490 g/mol. The second-order valence-corrected chi connectivity index (χ2v) is 10.7. The Bertz CT molecular complexity index is 1110. The number of nitrogens with zero attached hydrogens (tertiary/aromatic N) is 2. The van der Waals surface area contributed by atoms with Crippen LogP contribution in [0.15, 0.2) is 48.5 Å². The summed E-state index contributed by atoms with van der Waals surface area (Å²) in [6.45, 7) is 5.30. The third-order valence-electron chi connectivity index (χ3n) is 5.67. The molecule has 2 rings (SSSR count). The molecule has 192 valence electrons. The average molecular weight is 524 g/mol. The summed E-state index contributed by atoms with van der Waals surface area (Å²) in [5.74, 6) is -0.548. The summed E-state index contributed by atoms with van der Waals surface area (Å²) >= 11 is 6.13. The molecule has 0 aliphatic rings. The number of amides is 2. The van der Waals surface area contributed by atoms with Gasteiger partial charge in [0, 0.05) is 17.6 Å². The molecule has 2 aromatic carbocycles. The molecule has 0 radical (unpaired) electrons. The molecule has 2 atom stereocenters. The number of halogens is 1. The predicted molar refractivity (Wildman–Crippen MR) is 139 cm³/mol. The SMILES string of the molecule is CCC(C)NC(=O)C(CC)N(Cc1ccccc1)C(=O)CN(c1cc(Cl)ccc1OC)S(C)(=O)=O. The van der Waals surface area contributed by atoms with Crippen molar-refractivity contribution in [2.24, 2.45) is 0 Å². The van der Waals surface area contributed by atoms with Gasteiger partial charge in [-0.1, -0.05) is 55.8 Å². The van der Waals surface area contributed by atoms with Crippen LogP contribution in [0.1, 0.15) is 39.2 Å². The van der Waals surface area contributed by atoms with Gasteiger partial charge in [-0.3, -0.25) is 13.9 Å². The highest BCUT2D eigenvalue weighted by Gasteiger charge is 2.33. The van der Waals surface area contributed by atoms with E-state index in [0.717, 1.165) is 22.5 Å². The number of carbonyl (C=O) groups is 2. The molecule has 0 saturated carbocycles. The van der Waals surface area contributed by atoms with Gasteiger partial charge >= 0.3 is 0 Å². The first-order chi connectivity index (χ1) is 16.5. The number of rotatable bonds is 12. The Hall–Kier alpha value is -2.78.